The number of nitrogens with zero attached hydrogens (tertiary/aromatic N) is 2. The molecule has 0 bridgehead atoms. The molecule has 2 aromatic rings. The Labute approximate surface area is 122 Å². The van der Waals surface area contributed by atoms with Crippen LogP contribution in [0.1, 0.15) is 9.80 Å². The first-order valence-corrected chi connectivity index (χ1v) is 6.53. The van der Waals surface area contributed by atoms with Crippen LogP contribution in [0.5, 0.6) is 0 Å². The molecule has 7 nitrogen and oxygen atoms in total. The van der Waals surface area contributed by atoms with Crippen LogP contribution in [-0.2, 0) is 4.74 Å². The van der Waals surface area contributed by atoms with Gasteiger partial charge in [-0.3, -0.25) is 10.1 Å². The fourth-order valence-corrected chi connectivity index (χ4v) is 2.01. The van der Waals surface area contributed by atoms with E-state index in [4.69, 9.17) is 11.6 Å². The van der Waals surface area contributed by atoms with Crippen molar-refractivity contribution in [1.82, 2.24) is 10.2 Å². The predicted molar refractivity (Wildman–Crippen MR) is 75.3 cm³/mol. The number of amides is 2. The summed E-state index contributed by atoms with van der Waals surface area (Å²) in [5.41, 5.74) is 1.10. The molecule has 9 heteroatoms. The lowest BCUT2D eigenvalue weighted by atomic mass is 10.3. The zero-order chi connectivity index (χ0) is 14.5. The average molecular weight is 313 g/mol. The van der Waals surface area contributed by atoms with E-state index in [1.54, 1.807) is 24.3 Å². The second-order valence-electron chi connectivity index (χ2n) is 3.51. The summed E-state index contributed by atoms with van der Waals surface area (Å²) in [4.78, 5) is 22.8. The lowest BCUT2D eigenvalue weighted by Crippen LogP contribution is -2.12. The number of methoxy groups -OCH3 is 1. The second-order valence-corrected chi connectivity index (χ2v) is 5.07. The standard InChI is InChI=1S/C11H9ClN4O3S/c1-19-11(18)14-7-4-2-6(3-5-7)13-8(17)9-15-16-10(12)20-9/h2-5H,1H3,(H,13,17)(H,14,18). The summed E-state index contributed by atoms with van der Waals surface area (Å²) in [5, 5.41) is 12.5. The number of ether oxygens (including phenoxy) is 1. The van der Waals surface area contributed by atoms with Crippen LogP contribution in [0.2, 0.25) is 4.47 Å². The lowest BCUT2D eigenvalue weighted by Gasteiger charge is -2.05. The molecule has 1 heterocycles. The highest BCUT2D eigenvalue weighted by molar-refractivity contribution is 7.17. The number of aromatic nitrogens is 2. The summed E-state index contributed by atoms with van der Waals surface area (Å²) < 4.78 is 4.66. The highest BCUT2D eigenvalue weighted by Gasteiger charge is 2.12. The normalized spacial score (nSPS) is 9.90. The van der Waals surface area contributed by atoms with E-state index in [2.05, 4.69) is 25.6 Å². The third-order valence-corrected chi connectivity index (χ3v) is 3.19. The van der Waals surface area contributed by atoms with Crippen molar-refractivity contribution in [2.45, 2.75) is 0 Å². The Morgan fingerprint density at radius 2 is 1.75 bits per heavy atom. The van der Waals surface area contributed by atoms with Gasteiger partial charge in [0, 0.05) is 11.4 Å². The highest BCUT2D eigenvalue weighted by atomic mass is 35.5. The van der Waals surface area contributed by atoms with E-state index in [0.29, 0.717) is 11.4 Å². The monoisotopic (exact) mass is 312 g/mol. The highest BCUT2D eigenvalue weighted by Crippen LogP contribution is 2.18. The topological polar surface area (TPSA) is 93.2 Å². The molecular weight excluding hydrogens is 304 g/mol. The second kappa shape index (κ2) is 6.31. The number of rotatable bonds is 3. The van der Waals surface area contributed by atoms with Gasteiger partial charge in [-0.15, -0.1) is 10.2 Å². The number of hydrogen-bond acceptors (Lipinski definition) is 6. The van der Waals surface area contributed by atoms with E-state index in [-0.39, 0.29) is 9.47 Å². The first kappa shape index (κ1) is 14.2. The van der Waals surface area contributed by atoms with Crippen LogP contribution in [0.25, 0.3) is 0 Å². The van der Waals surface area contributed by atoms with Gasteiger partial charge in [0.2, 0.25) is 9.47 Å². The fourth-order valence-electron chi connectivity index (χ4n) is 1.29. The first-order valence-electron chi connectivity index (χ1n) is 5.34. The minimum absolute atomic E-state index is 0.173. The Morgan fingerprint density at radius 1 is 1.15 bits per heavy atom. The molecule has 0 atom stereocenters. The molecule has 2 rings (SSSR count). The van der Waals surface area contributed by atoms with Crippen LogP contribution in [-0.4, -0.2) is 29.3 Å². The van der Waals surface area contributed by atoms with Crippen molar-refractivity contribution in [3.05, 3.63) is 33.7 Å². The quantitative estimate of drug-likeness (QED) is 0.908. The van der Waals surface area contributed by atoms with Gasteiger partial charge in [0.25, 0.3) is 5.91 Å². The van der Waals surface area contributed by atoms with Gasteiger partial charge in [0.15, 0.2) is 0 Å². The van der Waals surface area contributed by atoms with E-state index in [1.807, 2.05) is 0 Å². The molecule has 20 heavy (non-hydrogen) atoms. The molecule has 0 spiro atoms. The van der Waals surface area contributed by atoms with Crippen LogP contribution in [0.3, 0.4) is 0 Å². The van der Waals surface area contributed by atoms with Gasteiger partial charge in [0.1, 0.15) is 0 Å². The van der Waals surface area contributed by atoms with Crippen LogP contribution in [0.15, 0.2) is 24.3 Å². The molecule has 0 aliphatic rings. The van der Waals surface area contributed by atoms with Crippen LogP contribution < -0.4 is 10.6 Å². The zero-order valence-electron chi connectivity index (χ0n) is 10.2. The van der Waals surface area contributed by atoms with Crippen molar-refractivity contribution in [3.63, 3.8) is 0 Å². The number of benzene rings is 1. The predicted octanol–water partition coefficient (Wildman–Crippen LogP) is 2.62. The molecule has 2 N–H and O–H groups in total. The molecule has 104 valence electrons. The number of anilines is 2. The van der Waals surface area contributed by atoms with Gasteiger partial charge >= 0.3 is 6.09 Å². The zero-order valence-corrected chi connectivity index (χ0v) is 11.8. The smallest absolute Gasteiger partial charge is 0.411 e. The number of halogens is 1. The fraction of sp³-hybridized carbons (Fsp3) is 0.0909. The third-order valence-electron chi connectivity index (χ3n) is 2.17. The van der Waals surface area contributed by atoms with Crippen molar-refractivity contribution in [3.8, 4) is 0 Å². The number of nitrogens with one attached hydrogen (secondary N) is 2. The molecule has 2 amide bonds. The minimum Gasteiger partial charge on any atom is -0.453 e. The lowest BCUT2D eigenvalue weighted by molar-refractivity contribution is 0.102. The molecular formula is C11H9ClN4O3S. The summed E-state index contributed by atoms with van der Waals surface area (Å²) in [6, 6.07) is 6.51. The van der Waals surface area contributed by atoms with Crippen molar-refractivity contribution in [2.75, 3.05) is 17.7 Å². The molecule has 0 aliphatic heterocycles. The largest absolute Gasteiger partial charge is 0.453 e. The SMILES string of the molecule is COC(=O)Nc1ccc(NC(=O)c2nnc(Cl)s2)cc1. The van der Waals surface area contributed by atoms with E-state index in [0.717, 1.165) is 11.3 Å². The van der Waals surface area contributed by atoms with Gasteiger partial charge in [0.05, 0.1) is 7.11 Å². The Kier molecular flexibility index (Phi) is 4.49. The van der Waals surface area contributed by atoms with Gasteiger partial charge in [-0.2, -0.15) is 0 Å². The molecule has 1 aromatic carbocycles. The maximum atomic E-state index is 11.8. The Bertz CT molecular complexity index is 629. The van der Waals surface area contributed by atoms with Gasteiger partial charge in [-0.05, 0) is 35.9 Å². The number of hydrogen-bond donors (Lipinski definition) is 2. The third kappa shape index (κ3) is 3.65. The van der Waals surface area contributed by atoms with E-state index >= 15 is 0 Å². The molecule has 0 saturated heterocycles. The van der Waals surface area contributed by atoms with Gasteiger partial charge in [-0.25, -0.2) is 4.79 Å². The van der Waals surface area contributed by atoms with Crippen molar-refractivity contribution in [1.29, 1.82) is 0 Å². The Balaban J connectivity index is 2.00. The Hall–Kier alpha value is -2.19. The van der Waals surface area contributed by atoms with Gasteiger partial charge < -0.3 is 10.1 Å². The van der Waals surface area contributed by atoms with Crippen LogP contribution in [0, 0.1) is 0 Å². The maximum Gasteiger partial charge on any atom is 0.411 e. The van der Waals surface area contributed by atoms with Gasteiger partial charge in [-0.1, -0.05) is 11.3 Å². The van der Waals surface area contributed by atoms with Crippen molar-refractivity contribution in [2.24, 2.45) is 0 Å². The summed E-state index contributed by atoms with van der Waals surface area (Å²) >= 11 is 6.59. The van der Waals surface area contributed by atoms with Crippen molar-refractivity contribution >= 4 is 46.3 Å². The summed E-state index contributed by atoms with van der Waals surface area (Å²) in [6.07, 6.45) is -0.565. The number of carbonyl (C=O) groups excluding carboxylic acids is 2. The number of carbonyl (C=O) groups is 2. The molecule has 0 saturated carbocycles. The van der Waals surface area contributed by atoms with Crippen molar-refractivity contribution < 1.29 is 14.3 Å². The van der Waals surface area contributed by atoms with E-state index in [1.165, 1.54) is 7.11 Å². The molecule has 0 unspecified atom stereocenters. The van der Waals surface area contributed by atoms with E-state index in [9.17, 15) is 9.59 Å². The maximum absolute atomic E-state index is 11.8. The minimum atomic E-state index is -0.565. The summed E-state index contributed by atoms with van der Waals surface area (Å²) in [7, 11) is 1.27. The molecule has 0 fully saturated rings. The van der Waals surface area contributed by atoms with Crippen LogP contribution in [0.4, 0.5) is 16.2 Å². The average Bonchev–Trinajstić information content (AvgIpc) is 2.87. The summed E-state index contributed by atoms with van der Waals surface area (Å²) in [6.45, 7) is 0. The first-order chi connectivity index (χ1) is 9.58. The van der Waals surface area contributed by atoms with E-state index < -0.39 is 12.0 Å². The molecule has 0 radical (unpaired) electrons. The van der Waals surface area contributed by atoms with Crippen LogP contribution >= 0.6 is 22.9 Å². The summed E-state index contributed by atoms with van der Waals surface area (Å²) in [5.74, 6) is -0.400. The molecule has 1 aromatic heterocycles. The molecule has 0 aliphatic carbocycles. The Morgan fingerprint density at radius 3 is 2.25 bits per heavy atom.